The van der Waals surface area contributed by atoms with Crippen LogP contribution in [-0.2, 0) is 11.3 Å². The molecule has 6 nitrogen and oxygen atoms in total. The molecule has 27 heavy (non-hydrogen) atoms. The highest BCUT2D eigenvalue weighted by molar-refractivity contribution is 5.94. The SMILES string of the molecule is CCOC1CCN(C(=NC)NCc2cccc(C(=O)NC(C)CC)c2)CC1. The largest absolute Gasteiger partial charge is 0.378 e. The Morgan fingerprint density at radius 3 is 2.70 bits per heavy atom. The quantitative estimate of drug-likeness (QED) is 0.569. The minimum absolute atomic E-state index is 0.0198. The molecule has 1 aliphatic rings. The zero-order valence-corrected chi connectivity index (χ0v) is 17.1. The van der Waals surface area contributed by atoms with E-state index in [-0.39, 0.29) is 11.9 Å². The van der Waals surface area contributed by atoms with Gasteiger partial charge in [0.25, 0.3) is 5.91 Å². The van der Waals surface area contributed by atoms with Crippen molar-refractivity contribution in [2.24, 2.45) is 4.99 Å². The van der Waals surface area contributed by atoms with E-state index >= 15 is 0 Å². The molecule has 1 saturated heterocycles. The molecule has 0 spiro atoms. The summed E-state index contributed by atoms with van der Waals surface area (Å²) in [6.07, 6.45) is 3.34. The summed E-state index contributed by atoms with van der Waals surface area (Å²) in [5.41, 5.74) is 1.76. The molecule has 0 aromatic heterocycles. The first-order valence-electron chi connectivity index (χ1n) is 10.0. The van der Waals surface area contributed by atoms with Crippen molar-refractivity contribution in [2.75, 3.05) is 26.7 Å². The van der Waals surface area contributed by atoms with Crippen LogP contribution in [-0.4, -0.2) is 55.7 Å². The van der Waals surface area contributed by atoms with Crippen molar-refractivity contribution < 1.29 is 9.53 Å². The molecule has 1 aliphatic heterocycles. The molecule has 1 amide bonds. The van der Waals surface area contributed by atoms with Gasteiger partial charge >= 0.3 is 0 Å². The van der Waals surface area contributed by atoms with E-state index in [1.807, 2.05) is 45.2 Å². The molecule has 1 unspecified atom stereocenters. The van der Waals surface area contributed by atoms with Gasteiger partial charge in [-0.2, -0.15) is 0 Å². The van der Waals surface area contributed by atoms with E-state index in [0.717, 1.165) is 50.5 Å². The highest BCUT2D eigenvalue weighted by atomic mass is 16.5. The minimum atomic E-state index is -0.0198. The highest BCUT2D eigenvalue weighted by Crippen LogP contribution is 2.14. The maximum Gasteiger partial charge on any atom is 0.251 e. The molecule has 1 aromatic rings. The van der Waals surface area contributed by atoms with Crippen LogP contribution in [0.25, 0.3) is 0 Å². The van der Waals surface area contributed by atoms with E-state index in [0.29, 0.717) is 18.2 Å². The smallest absolute Gasteiger partial charge is 0.251 e. The summed E-state index contributed by atoms with van der Waals surface area (Å²) in [7, 11) is 1.81. The summed E-state index contributed by atoms with van der Waals surface area (Å²) in [6, 6.07) is 7.94. The van der Waals surface area contributed by atoms with Gasteiger partial charge in [0.1, 0.15) is 0 Å². The first-order valence-corrected chi connectivity index (χ1v) is 10.0. The zero-order valence-electron chi connectivity index (χ0n) is 17.1. The maximum atomic E-state index is 12.3. The highest BCUT2D eigenvalue weighted by Gasteiger charge is 2.21. The molecule has 1 heterocycles. The predicted octanol–water partition coefficient (Wildman–Crippen LogP) is 2.79. The summed E-state index contributed by atoms with van der Waals surface area (Å²) < 4.78 is 5.72. The first-order chi connectivity index (χ1) is 13.1. The molecule has 2 N–H and O–H groups in total. The van der Waals surface area contributed by atoms with E-state index in [9.17, 15) is 4.79 Å². The number of aliphatic imine (C=N–C) groups is 1. The Morgan fingerprint density at radius 1 is 1.33 bits per heavy atom. The standard InChI is InChI=1S/C21H34N4O2/c1-5-16(3)24-20(26)18-9-7-8-17(14-18)15-23-21(22-4)25-12-10-19(11-13-25)27-6-2/h7-9,14,16,19H,5-6,10-13,15H2,1-4H3,(H,22,23)(H,24,26). The Hall–Kier alpha value is -2.08. The maximum absolute atomic E-state index is 12.3. The predicted molar refractivity (Wildman–Crippen MR) is 110 cm³/mol. The lowest BCUT2D eigenvalue weighted by atomic mass is 10.1. The lowest BCUT2D eigenvalue weighted by Gasteiger charge is -2.34. The van der Waals surface area contributed by atoms with Gasteiger partial charge in [-0.25, -0.2) is 0 Å². The fraction of sp³-hybridized carbons (Fsp3) is 0.619. The number of hydrogen-bond acceptors (Lipinski definition) is 3. The molecule has 1 fully saturated rings. The Morgan fingerprint density at radius 2 is 2.07 bits per heavy atom. The van der Waals surface area contributed by atoms with Gasteiger partial charge in [0.05, 0.1) is 6.10 Å². The molecule has 6 heteroatoms. The van der Waals surface area contributed by atoms with E-state index in [2.05, 4.69) is 27.4 Å². The second-order valence-electron chi connectivity index (χ2n) is 7.03. The summed E-state index contributed by atoms with van der Waals surface area (Å²) in [4.78, 5) is 19.0. The Labute approximate surface area is 163 Å². The van der Waals surface area contributed by atoms with Crippen LogP contribution in [0.2, 0.25) is 0 Å². The molecule has 0 saturated carbocycles. The van der Waals surface area contributed by atoms with Crippen molar-refractivity contribution in [3.05, 3.63) is 35.4 Å². The van der Waals surface area contributed by atoms with Gasteiger partial charge in [0.2, 0.25) is 0 Å². The van der Waals surface area contributed by atoms with Crippen molar-refractivity contribution in [3.63, 3.8) is 0 Å². The van der Waals surface area contributed by atoms with Crippen LogP contribution in [0, 0.1) is 0 Å². The number of rotatable bonds is 7. The number of carbonyl (C=O) groups is 1. The van der Waals surface area contributed by atoms with Crippen LogP contribution in [0.5, 0.6) is 0 Å². The molecular weight excluding hydrogens is 340 g/mol. The second-order valence-corrected chi connectivity index (χ2v) is 7.03. The summed E-state index contributed by atoms with van der Waals surface area (Å²) >= 11 is 0. The number of guanidine groups is 1. The van der Waals surface area contributed by atoms with E-state index in [1.54, 1.807) is 0 Å². The Balaban J connectivity index is 1.89. The third-order valence-electron chi connectivity index (χ3n) is 4.99. The normalized spacial score (nSPS) is 16.9. The van der Waals surface area contributed by atoms with Crippen molar-refractivity contribution in [1.82, 2.24) is 15.5 Å². The molecule has 0 radical (unpaired) electrons. The monoisotopic (exact) mass is 374 g/mol. The molecule has 0 bridgehead atoms. The second kappa shape index (κ2) is 10.9. The van der Waals surface area contributed by atoms with Gasteiger partial charge in [0.15, 0.2) is 5.96 Å². The molecule has 1 atom stereocenters. The van der Waals surface area contributed by atoms with Gasteiger partial charge in [-0.05, 0) is 50.8 Å². The average molecular weight is 375 g/mol. The van der Waals surface area contributed by atoms with Crippen LogP contribution < -0.4 is 10.6 Å². The van der Waals surface area contributed by atoms with Gasteiger partial charge in [-0.3, -0.25) is 9.79 Å². The number of amides is 1. The van der Waals surface area contributed by atoms with Crippen molar-refractivity contribution in [3.8, 4) is 0 Å². The molecular formula is C21H34N4O2. The molecule has 150 valence electrons. The average Bonchev–Trinajstić information content (AvgIpc) is 2.70. The zero-order chi connectivity index (χ0) is 19.6. The van der Waals surface area contributed by atoms with Gasteiger partial charge in [-0.15, -0.1) is 0 Å². The van der Waals surface area contributed by atoms with E-state index in [1.165, 1.54) is 0 Å². The fourth-order valence-corrected chi connectivity index (χ4v) is 3.22. The first kappa shape index (κ1) is 21.2. The van der Waals surface area contributed by atoms with Gasteiger partial charge in [-0.1, -0.05) is 19.1 Å². The van der Waals surface area contributed by atoms with Crippen molar-refractivity contribution in [1.29, 1.82) is 0 Å². The number of ether oxygens (including phenoxy) is 1. The summed E-state index contributed by atoms with van der Waals surface area (Å²) in [6.45, 7) is 9.44. The Bertz CT molecular complexity index is 624. The third-order valence-corrected chi connectivity index (χ3v) is 4.99. The topological polar surface area (TPSA) is 66.0 Å². The van der Waals surface area contributed by atoms with E-state index < -0.39 is 0 Å². The lowest BCUT2D eigenvalue weighted by Crippen LogP contribution is -2.46. The number of benzene rings is 1. The Kier molecular flexibility index (Phi) is 8.58. The fourth-order valence-electron chi connectivity index (χ4n) is 3.22. The number of nitrogens with zero attached hydrogens (tertiary/aromatic N) is 2. The summed E-state index contributed by atoms with van der Waals surface area (Å²) in [5.74, 6) is 0.882. The summed E-state index contributed by atoms with van der Waals surface area (Å²) in [5, 5.41) is 6.44. The number of carbonyl (C=O) groups excluding carboxylic acids is 1. The number of likely N-dealkylation sites (tertiary alicyclic amines) is 1. The van der Waals surface area contributed by atoms with Crippen LogP contribution in [0.15, 0.2) is 29.3 Å². The molecule has 2 rings (SSSR count). The van der Waals surface area contributed by atoms with Crippen molar-refractivity contribution in [2.45, 2.75) is 58.7 Å². The van der Waals surface area contributed by atoms with Crippen LogP contribution >= 0.6 is 0 Å². The van der Waals surface area contributed by atoms with Crippen LogP contribution in [0.4, 0.5) is 0 Å². The van der Waals surface area contributed by atoms with Gasteiger partial charge in [0, 0.05) is 44.9 Å². The number of nitrogens with one attached hydrogen (secondary N) is 2. The third kappa shape index (κ3) is 6.54. The van der Waals surface area contributed by atoms with Crippen LogP contribution in [0.3, 0.4) is 0 Å². The minimum Gasteiger partial charge on any atom is -0.378 e. The number of hydrogen-bond donors (Lipinski definition) is 2. The molecule has 0 aliphatic carbocycles. The number of piperidine rings is 1. The van der Waals surface area contributed by atoms with Gasteiger partial charge < -0.3 is 20.3 Å². The van der Waals surface area contributed by atoms with E-state index in [4.69, 9.17) is 4.74 Å². The van der Waals surface area contributed by atoms with Crippen molar-refractivity contribution >= 4 is 11.9 Å². The van der Waals surface area contributed by atoms with Crippen LogP contribution in [0.1, 0.15) is 56.0 Å². The lowest BCUT2D eigenvalue weighted by molar-refractivity contribution is 0.0263. The molecule has 1 aromatic carbocycles.